The molecule has 18 heavy (non-hydrogen) atoms. The van der Waals surface area contributed by atoms with Gasteiger partial charge in [0.05, 0.1) is 18.0 Å². The van der Waals surface area contributed by atoms with Crippen molar-refractivity contribution in [1.82, 2.24) is 9.78 Å². The predicted octanol–water partition coefficient (Wildman–Crippen LogP) is 2.26. The lowest BCUT2D eigenvalue weighted by atomic mass is 10.1. The van der Waals surface area contributed by atoms with Crippen molar-refractivity contribution in [2.75, 3.05) is 19.5 Å². The highest BCUT2D eigenvalue weighted by Crippen LogP contribution is 2.21. The van der Waals surface area contributed by atoms with E-state index in [1.165, 1.54) is 11.1 Å². The molecule has 0 aliphatic heterocycles. The van der Waals surface area contributed by atoms with Crippen molar-refractivity contribution in [2.45, 2.75) is 20.3 Å². The minimum atomic E-state index is 0.656. The number of ether oxygens (including phenoxy) is 1. The Labute approximate surface area is 107 Å². The Morgan fingerprint density at radius 2 is 1.94 bits per heavy atom. The van der Waals surface area contributed by atoms with Crippen molar-refractivity contribution in [2.24, 2.45) is 0 Å². The highest BCUT2D eigenvalue weighted by atomic mass is 16.5. The van der Waals surface area contributed by atoms with Crippen molar-refractivity contribution < 1.29 is 4.74 Å². The molecule has 4 heteroatoms. The molecule has 2 rings (SSSR count). The molecule has 0 aliphatic rings. The molecule has 0 radical (unpaired) electrons. The molecule has 2 aromatic rings. The van der Waals surface area contributed by atoms with Gasteiger partial charge in [-0.1, -0.05) is 18.2 Å². The first-order chi connectivity index (χ1) is 8.63. The molecule has 1 aromatic heterocycles. The lowest BCUT2D eigenvalue weighted by Gasteiger charge is -2.10. The van der Waals surface area contributed by atoms with Crippen LogP contribution in [0.2, 0.25) is 0 Å². The molecule has 96 valence electrons. The van der Waals surface area contributed by atoms with E-state index in [9.17, 15) is 0 Å². The number of rotatable bonds is 4. The van der Waals surface area contributed by atoms with Crippen LogP contribution in [0.15, 0.2) is 24.3 Å². The van der Waals surface area contributed by atoms with Gasteiger partial charge in [0.1, 0.15) is 5.82 Å². The predicted molar refractivity (Wildman–Crippen MR) is 73.0 cm³/mol. The van der Waals surface area contributed by atoms with Crippen LogP contribution in [0.25, 0.3) is 5.69 Å². The maximum Gasteiger partial charge on any atom is 0.127 e. The quantitative estimate of drug-likeness (QED) is 0.899. The van der Waals surface area contributed by atoms with Crippen LogP contribution in [0.4, 0.5) is 5.82 Å². The van der Waals surface area contributed by atoms with Crippen LogP contribution >= 0.6 is 0 Å². The summed E-state index contributed by atoms with van der Waals surface area (Å²) in [5, 5.41) is 4.55. The van der Waals surface area contributed by atoms with Crippen LogP contribution < -0.4 is 5.73 Å². The van der Waals surface area contributed by atoms with Gasteiger partial charge in [-0.25, -0.2) is 4.68 Å². The third kappa shape index (κ3) is 2.38. The molecule has 4 nitrogen and oxygen atoms in total. The van der Waals surface area contributed by atoms with Gasteiger partial charge in [0.2, 0.25) is 0 Å². The molecule has 0 spiro atoms. The zero-order valence-electron chi connectivity index (χ0n) is 11.1. The molecule has 0 saturated heterocycles. The third-order valence-electron chi connectivity index (χ3n) is 3.00. The molecule has 0 bridgehead atoms. The van der Waals surface area contributed by atoms with Crippen molar-refractivity contribution >= 4 is 5.82 Å². The van der Waals surface area contributed by atoms with Crippen LogP contribution in [0.3, 0.4) is 0 Å². The number of nitrogens with zero attached hydrogens (tertiary/aromatic N) is 2. The first kappa shape index (κ1) is 12.6. The Balaban J connectivity index is 2.41. The largest absolute Gasteiger partial charge is 0.384 e. The summed E-state index contributed by atoms with van der Waals surface area (Å²) in [4.78, 5) is 0. The first-order valence-corrected chi connectivity index (χ1v) is 6.03. The lowest BCUT2D eigenvalue weighted by Crippen LogP contribution is -2.06. The molecule has 0 fully saturated rings. The summed E-state index contributed by atoms with van der Waals surface area (Å²) in [5.41, 5.74) is 10.4. The van der Waals surface area contributed by atoms with E-state index in [4.69, 9.17) is 10.5 Å². The van der Waals surface area contributed by atoms with E-state index in [-0.39, 0.29) is 0 Å². The van der Waals surface area contributed by atoms with Crippen LogP contribution in [0.5, 0.6) is 0 Å². The molecular weight excluding hydrogens is 226 g/mol. The Morgan fingerprint density at radius 1 is 1.28 bits per heavy atom. The number of hydrogen-bond acceptors (Lipinski definition) is 3. The summed E-state index contributed by atoms with van der Waals surface area (Å²) in [5.74, 6) is 0.665. The second kappa shape index (κ2) is 5.23. The van der Waals surface area contributed by atoms with Gasteiger partial charge < -0.3 is 10.5 Å². The van der Waals surface area contributed by atoms with E-state index in [1.807, 2.05) is 16.8 Å². The number of hydrogen-bond donors (Lipinski definition) is 1. The Bertz CT molecular complexity index is 526. The molecule has 0 aliphatic carbocycles. The number of anilines is 1. The van der Waals surface area contributed by atoms with Gasteiger partial charge in [0.15, 0.2) is 0 Å². The fourth-order valence-electron chi connectivity index (χ4n) is 2.09. The summed E-state index contributed by atoms with van der Waals surface area (Å²) in [6.45, 7) is 4.79. The number of nitrogen functional groups attached to an aromatic ring is 1. The van der Waals surface area contributed by atoms with Crippen molar-refractivity contribution in [3.8, 4) is 5.69 Å². The standard InChI is InChI=1S/C14H19N3O/c1-10-5-4-6-11(2)14(10)17-13(15)9-12(16-17)7-8-18-3/h4-6,9H,7-8,15H2,1-3H3. The van der Waals surface area contributed by atoms with Gasteiger partial charge in [-0.2, -0.15) is 5.10 Å². The number of benzene rings is 1. The van der Waals surface area contributed by atoms with E-state index in [1.54, 1.807) is 7.11 Å². The average Bonchev–Trinajstić information content (AvgIpc) is 2.68. The zero-order valence-corrected chi connectivity index (χ0v) is 11.1. The van der Waals surface area contributed by atoms with Gasteiger partial charge in [0.25, 0.3) is 0 Å². The minimum absolute atomic E-state index is 0.656. The average molecular weight is 245 g/mol. The van der Waals surface area contributed by atoms with E-state index in [2.05, 4.69) is 31.1 Å². The van der Waals surface area contributed by atoms with E-state index in [0.717, 1.165) is 17.8 Å². The number of nitrogens with two attached hydrogens (primary N) is 1. The van der Waals surface area contributed by atoms with Gasteiger partial charge in [-0.15, -0.1) is 0 Å². The smallest absolute Gasteiger partial charge is 0.127 e. The molecule has 1 aromatic carbocycles. The van der Waals surface area contributed by atoms with Gasteiger partial charge in [-0.05, 0) is 25.0 Å². The molecule has 0 amide bonds. The second-order valence-electron chi connectivity index (χ2n) is 4.46. The fourth-order valence-corrected chi connectivity index (χ4v) is 2.09. The molecule has 0 unspecified atom stereocenters. The first-order valence-electron chi connectivity index (χ1n) is 6.03. The summed E-state index contributed by atoms with van der Waals surface area (Å²) >= 11 is 0. The zero-order chi connectivity index (χ0) is 13.1. The minimum Gasteiger partial charge on any atom is -0.384 e. The summed E-state index contributed by atoms with van der Waals surface area (Å²) in [7, 11) is 1.69. The monoisotopic (exact) mass is 245 g/mol. The molecule has 2 N–H and O–H groups in total. The number of methoxy groups -OCH3 is 1. The Hall–Kier alpha value is -1.81. The van der Waals surface area contributed by atoms with E-state index in [0.29, 0.717) is 12.4 Å². The van der Waals surface area contributed by atoms with Gasteiger partial charge >= 0.3 is 0 Å². The number of aryl methyl sites for hydroxylation is 2. The highest BCUT2D eigenvalue weighted by molar-refractivity contribution is 5.51. The van der Waals surface area contributed by atoms with Crippen LogP contribution in [0, 0.1) is 13.8 Å². The van der Waals surface area contributed by atoms with E-state index >= 15 is 0 Å². The van der Waals surface area contributed by atoms with Crippen molar-refractivity contribution in [1.29, 1.82) is 0 Å². The third-order valence-corrected chi connectivity index (χ3v) is 3.00. The molecule has 0 atom stereocenters. The van der Waals surface area contributed by atoms with Gasteiger partial charge in [-0.3, -0.25) is 0 Å². The SMILES string of the molecule is COCCc1cc(N)n(-c2c(C)cccc2C)n1. The van der Waals surface area contributed by atoms with Crippen LogP contribution in [-0.4, -0.2) is 23.5 Å². The summed E-state index contributed by atoms with van der Waals surface area (Å²) in [6, 6.07) is 8.08. The van der Waals surface area contributed by atoms with Crippen molar-refractivity contribution in [3.05, 3.63) is 41.1 Å². The molecule has 1 heterocycles. The Morgan fingerprint density at radius 3 is 2.56 bits per heavy atom. The summed E-state index contributed by atoms with van der Waals surface area (Å²) in [6.07, 6.45) is 0.776. The summed E-state index contributed by atoms with van der Waals surface area (Å²) < 4.78 is 6.87. The highest BCUT2D eigenvalue weighted by Gasteiger charge is 2.11. The normalized spacial score (nSPS) is 10.8. The van der Waals surface area contributed by atoms with Gasteiger partial charge in [0, 0.05) is 19.6 Å². The van der Waals surface area contributed by atoms with Crippen LogP contribution in [0.1, 0.15) is 16.8 Å². The molecular formula is C14H19N3O. The maximum absolute atomic E-state index is 6.04. The topological polar surface area (TPSA) is 53.1 Å². The lowest BCUT2D eigenvalue weighted by molar-refractivity contribution is 0.201. The van der Waals surface area contributed by atoms with Crippen LogP contribution in [-0.2, 0) is 11.2 Å². The Kier molecular flexibility index (Phi) is 3.67. The molecule has 0 saturated carbocycles. The number of aromatic nitrogens is 2. The van der Waals surface area contributed by atoms with E-state index < -0.39 is 0 Å². The van der Waals surface area contributed by atoms with Crippen molar-refractivity contribution in [3.63, 3.8) is 0 Å². The maximum atomic E-state index is 6.04. The number of para-hydroxylation sites is 1. The second-order valence-corrected chi connectivity index (χ2v) is 4.46. The fraction of sp³-hybridized carbons (Fsp3) is 0.357.